The van der Waals surface area contributed by atoms with Crippen LogP contribution in [0.3, 0.4) is 0 Å². The van der Waals surface area contributed by atoms with Gasteiger partial charge in [0.1, 0.15) is 11.9 Å². The molecule has 0 aliphatic carbocycles. The fourth-order valence-corrected chi connectivity index (χ4v) is 1.68. The predicted octanol–water partition coefficient (Wildman–Crippen LogP) is 3.43. The van der Waals surface area contributed by atoms with Gasteiger partial charge < -0.3 is 9.84 Å². The quantitative estimate of drug-likeness (QED) is 0.849. The molecule has 0 aromatic heterocycles. The van der Waals surface area contributed by atoms with E-state index in [0.29, 0.717) is 5.02 Å². The molecule has 19 heavy (non-hydrogen) atoms. The van der Waals surface area contributed by atoms with Gasteiger partial charge in [-0.1, -0.05) is 35.6 Å². The van der Waals surface area contributed by atoms with Gasteiger partial charge in [-0.05, 0) is 42.0 Å². The highest BCUT2D eigenvalue weighted by atomic mass is 35.5. The molecule has 2 aromatic rings. The van der Waals surface area contributed by atoms with E-state index in [2.05, 4.69) is 11.8 Å². The van der Waals surface area contributed by atoms with Crippen LogP contribution < -0.4 is 4.74 Å². The second kappa shape index (κ2) is 6.29. The van der Waals surface area contributed by atoms with Crippen molar-refractivity contribution < 1.29 is 9.84 Å². The molecule has 96 valence electrons. The van der Waals surface area contributed by atoms with E-state index in [-0.39, 0.29) is 0 Å². The Morgan fingerprint density at radius 2 is 1.68 bits per heavy atom. The van der Waals surface area contributed by atoms with E-state index in [0.717, 1.165) is 16.9 Å². The molecule has 2 nitrogen and oxygen atoms in total. The van der Waals surface area contributed by atoms with E-state index in [4.69, 9.17) is 16.3 Å². The maximum Gasteiger partial charge on any atom is 0.140 e. The number of rotatable bonds is 2. The van der Waals surface area contributed by atoms with Crippen LogP contribution in [0.2, 0.25) is 5.02 Å². The maximum absolute atomic E-state index is 9.96. The van der Waals surface area contributed by atoms with Crippen LogP contribution in [0.25, 0.3) is 0 Å². The van der Waals surface area contributed by atoms with E-state index in [1.54, 1.807) is 43.5 Å². The Morgan fingerprint density at radius 1 is 1.05 bits per heavy atom. The summed E-state index contributed by atoms with van der Waals surface area (Å²) in [7, 11) is 1.60. The average molecular weight is 273 g/mol. The molecule has 0 saturated heterocycles. The molecule has 0 aliphatic heterocycles. The van der Waals surface area contributed by atoms with Crippen molar-refractivity contribution in [1.82, 2.24) is 0 Å². The standard InChI is InChI=1S/C16H13ClO2/c1-19-15-9-5-13(6-10-15)16(18)11-4-12-2-7-14(17)8-3-12/h2-3,5-10,16,18H,1H3. The summed E-state index contributed by atoms with van der Waals surface area (Å²) in [6.07, 6.45) is -0.818. The summed E-state index contributed by atoms with van der Waals surface area (Å²) in [5.74, 6) is 6.45. The molecule has 0 spiro atoms. The first-order chi connectivity index (χ1) is 9.19. The lowest BCUT2D eigenvalue weighted by molar-refractivity contribution is 0.238. The summed E-state index contributed by atoms with van der Waals surface area (Å²) in [6.45, 7) is 0. The van der Waals surface area contributed by atoms with E-state index in [9.17, 15) is 5.11 Å². The fraction of sp³-hybridized carbons (Fsp3) is 0.125. The molecule has 0 heterocycles. The van der Waals surface area contributed by atoms with Gasteiger partial charge in [0.15, 0.2) is 0 Å². The number of methoxy groups -OCH3 is 1. The fourth-order valence-electron chi connectivity index (χ4n) is 1.55. The minimum Gasteiger partial charge on any atom is -0.497 e. The lowest BCUT2D eigenvalue weighted by Crippen LogP contribution is -1.93. The summed E-state index contributed by atoms with van der Waals surface area (Å²) in [6, 6.07) is 14.3. The highest BCUT2D eigenvalue weighted by molar-refractivity contribution is 6.30. The molecule has 0 bridgehead atoms. The Morgan fingerprint density at radius 3 is 2.26 bits per heavy atom. The molecule has 0 saturated carbocycles. The summed E-state index contributed by atoms with van der Waals surface area (Å²) in [5.41, 5.74) is 1.55. The number of aliphatic hydroxyl groups is 1. The molecular weight excluding hydrogens is 260 g/mol. The SMILES string of the molecule is COc1ccc(C(O)C#Cc2ccc(Cl)cc2)cc1. The van der Waals surface area contributed by atoms with Gasteiger partial charge in [0, 0.05) is 10.6 Å². The van der Waals surface area contributed by atoms with Crippen LogP contribution >= 0.6 is 11.6 Å². The van der Waals surface area contributed by atoms with Gasteiger partial charge in [-0.25, -0.2) is 0 Å². The normalized spacial score (nSPS) is 11.3. The summed E-state index contributed by atoms with van der Waals surface area (Å²) >= 11 is 5.79. The molecule has 1 N–H and O–H groups in total. The summed E-state index contributed by atoms with van der Waals surface area (Å²) in [5, 5.41) is 10.6. The largest absolute Gasteiger partial charge is 0.497 e. The lowest BCUT2D eigenvalue weighted by Gasteiger charge is -2.04. The van der Waals surface area contributed by atoms with E-state index >= 15 is 0 Å². The van der Waals surface area contributed by atoms with Gasteiger partial charge in [0.2, 0.25) is 0 Å². The molecule has 0 amide bonds. The van der Waals surface area contributed by atoms with Gasteiger partial charge in [-0.15, -0.1) is 0 Å². The van der Waals surface area contributed by atoms with Crippen molar-refractivity contribution in [3.8, 4) is 17.6 Å². The molecular formula is C16H13ClO2. The number of hydrogen-bond donors (Lipinski definition) is 1. The highest BCUT2D eigenvalue weighted by Gasteiger charge is 2.03. The van der Waals surface area contributed by atoms with Gasteiger partial charge in [0.05, 0.1) is 7.11 Å². The van der Waals surface area contributed by atoms with Crippen molar-refractivity contribution in [2.75, 3.05) is 7.11 Å². The molecule has 1 unspecified atom stereocenters. The Balaban J connectivity index is 2.12. The monoisotopic (exact) mass is 272 g/mol. The Labute approximate surface area is 117 Å². The topological polar surface area (TPSA) is 29.5 Å². The maximum atomic E-state index is 9.96. The summed E-state index contributed by atoms with van der Waals surface area (Å²) < 4.78 is 5.06. The van der Waals surface area contributed by atoms with Crippen molar-refractivity contribution in [2.45, 2.75) is 6.10 Å². The third-order valence-electron chi connectivity index (χ3n) is 2.63. The first-order valence-electron chi connectivity index (χ1n) is 5.78. The highest BCUT2D eigenvalue weighted by Crippen LogP contribution is 2.17. The van der Waals surface area contributed by atoms with Gasteiger partial charge in [-0.3, -0.25) is 0 Å². The molecule has 3 heteroatoms. The van der Waals surface area contributed by atoms with Crippen molar-refractivity contribution in [2.24, 2.45) is 0 Å². The molecule has 0 aliphatic rings. The lowest BCUT2D eigenvalue weighted by atomic mass is 10.1. The first-order valence-corrected chi connectivity index (χ1v) is 6.16. The van der Waals surface area contributed by atoms with Crippen LogP contribution in [0, 0.1) is 11.8 Å². The van der Waals surface area contributed by atoms with Crippen LogP contribution in [0.15, 0.2) is 48.5 Å². The molecule has 2 aromatic carbocycles. The molecule has 2 rings (SSSR count). The Bertz CT molecular complexity index is 591. The third kappa shape index (κ3) is 3.75. The smallest absolute Gasteiger partial charge is 0.140 e. The van der Waals surface area contributed by atoms with Gasteiger partial charge in [-0.2, -0.15) is 0 Å². The minimum absolute atomic E-state index is 0.668. The number of halogens is 1. The van der Waals surface area contributed by atoms with Crippen LogP contribution in [0.1, 0.15) is 17.2 Å². The van der Waals surface area contributed by atoms with Crippen LogP contribution in [-0.2, 0) is 0 Å². The number of aliphatic hydroxyl groups excluding tert-OH is 1. The molecule has 0 fully saturated rings. The minimum atomic E-state index is -0.818. The van der Waals surface area contributed by atoms with Crippen molar-refractivity contribution in [1.29, 1.82) is 0 Å². The van der Waals surface area contributed by atoms with E-state index < -0.39 is 6.10 Å². The summed E-state index contributed by atoms with van der Waals surface area (Å²) in [4.78, 5) is 0. The second-order valence-corrected chi connectivity index (χ2v) is 4.39. The number of ether oxygens (including phenoxy) is 1. The Hall–Kier alpha value is -1.95. The molecule has 1 atom stereocenters. The average Bonchev–Trinajstić information content (AvgIpc) is 2.46. The van der Waals surface area contributed by atoms with Gasteiger partial charge in [0.25, 0.3) is 0 Å². The van der Waals surface area contributed by atoms with Crippen molar-refractivity contribution in [3.05, 3.63) is 64.7 Å². The van der Waals surface area contributed by atoms with Crippen LogP contribution in [-0.4, -0.2) is 12.2 Å². The molecule has 0 radical (unpaired) electrons. The van der Waals surface area contributed by atoms with Crippen molar-refractivity contribution in [3.63, 3.8) is 0 Å². The zero-order valence-corrected chi connectivity index (χ0v) is 11.2. The van der Waals surface area contributed by atoms with Crippen LogP contribution in [0.4, 0.5) is 0 Å². The van der Waals surface area contributed by atoms with E-state index in [1.165, 1.54) is 0 Å². The zero-order chi connectivity index (χ0) is 13.7. The van der Waals surface area contributed by atoms with Gasteiger partial charge >= 0.3 is 0 Å². The third-order valence-corrected chi connectivity index (χ3v) is 2.88. The van der Waals surface area contributed by atoms with Crippen molar-refractivity contribution >= 4 is 11.6 Å². The van der Waals surface area contributed by atoms with E-state index in [1.807, 2.05) is 12.1 Å². The number of hydrogen-bond acceptors (Lipinski definition) is 2. The first kappa shape index (κ1) is 13.5. The Kier molecular flexibility index (Phi) is 4.46. The second-order valence-electron chi connectivity index (χ2n) is 3.95. The zero-order valence-electron chi connectivity index (χ0n) is 10.4. The van der Waals surface area contributed by atoms with Crippen LogP contribution in [0.5, 0.6) is 5.75 Å². The predicted molar refractivity (Wildman–Crippen MR) is 76.3 cm³/mol. The number of benzene rings is 2.